The highest BCUT2D eigenvalue weighted by molar-refractivity contribution is 5.71. The van der Waals surface area contributed by atoms with Crippen LogP contribution in [0.15, 0.2) is 0 Å². The summed E-state index contributed by atoms with van der Waals surface area (Å²) >= 11 is 0. The Bertz CT molecular complexity index is 377. The Morgan fingerprint density at radius 1 is 0.846 bits per heavy atom. The third-order valence-corrected chi connectivity index (χ3v) is 4.44. The largest absolute Gasteiger partial charge is 0.481 e. The van der Waals surface area contributed by atoms with Gasteiger partial charge < -0.3 is 14.3 Å². The van der Waals surface area contributed by atoms with Gasteiger partial charge in [0.25, 0.3) is 0 Å². The maximum absolute atomic E-state index is 12.0. The van der Waals surface area contributed by atoms with Gasteiger partial charge in [-0.1, -0.05) is 71.1 Å². The van der Waals surface area contributed by atoms with E-state index in [0.717, 1.165) is 12.8 Å². The van der Waals surface area contributed by atoms with E-state index in [1.54, 1.807) is 0 Å². The molecule has 0 aliphatic carbocycles. The van der Waals surface area contributed by atoms with Crippen LogP contribution in [0.3, 0.4) is 0 Å². The number of carbonyl (C=O) groups is 2. The van der Waals surface area contributed by atoms with E-state index < -0.39 is 12.1 Å². The number of nitrogens with zero attached hydrogens (tertiary/aromatic N) is 1. The van der Waals surface area contributed by atoms with Crippen LogP contribution in [0.25, 0.3) is 0 Å². The van der Waals surface area contributed by atoms with Crippen LogP contribution in [0.2, 0.25) is 0 Å². The quantitative estimate of drug-likeness (QED) is 0.227. The lowest BCUT2D eigenvalue weighted by Crippen LogP contribution is -2.43. The summed E-state index contributed by atoms with van der Waals surface area (Å²) in [5.74, 6) is -1.19. The first-order chi connectivity index (χ1) is 12.2. The van der Waals surface area contributed by atoms with Crippen molar-refractivity contribution in [2.75, 3.05) is 27.7 Å². The number of esters is 1. The summed E-state index contributed by atoms with van der Waals surface area (Å²) in [5, 5.41) is 8.97. The Hall–Kier alpha value is -1.10. The van der Waals surface area contributed by atoms with Gasteiger partial charge in [-0.25, -0.2) is 0 Å². The van der Waals surface area contributed by atoms with Gasteiger partial charge >= 0.3 is 11.9 Å². The average Bonchev–Trinajstić information content (AvgIpc) is 2.50. The summed E-state index contributed by atoms with van der Waals surface area (Å²) < 4.78 is 5.97. The number of carboxylic acids is 1. The van der Waals surface area contributed by atoms with Gasteiger partial charge in [-0.05, 0) is 6.42 Å². The minimum atomic E-state index is -0.925. The van der Waals surface area contributed by atoms with Crippen molar-refractivity contribution >= 4 is 11.9 Å². The third kappa shape index (κ3) is 17.7. The van der Waals surface area contributed by atoms with Crippen molar-refractivity contribution in [1.29, 1.82) is 0 Å². The molecular weight excluding hydrogens is 330 g/mol. The first-order valence-electron chi connectivity index (χ1n) is 10.5. The summed E-state index contributed by atoms with van der Waals surface area (Å²) in [7, 11) is 5.89. The monoisotopic (exact) mass is 372 g/mol. The molecule has 5 heteroatoms. The van der Waals surface area contributed by atoms with Gasteiger partial charge in [0.15, 0.2) is 6.10 Å². The highest BCUT2D eigenvalue weighted by Gasteiger charge is 2.24. The molecule has 0 radical (unpaired) electrons. The van der Waals surface area contributed by atoms with Crippen LogP contribution in [0.4, 0.5) is 0 Å². The predicted octanol–water partition coefficient (Wildman–Crippen LogP) is 4.78. The summed E-state index contributed by atoms with van der Waals surface area (Å²) in [6.07, 6.45) is 13.4. The fourth-order valence-corrected chi connectivity index (χ4v) is 3.13. The summed E-state index contributed by atoms with van der Waals surface area (Å²) in [6, 6.07) is 0. The van der Waals surface area contributed by atoms with Crippen molar-refractivity contribution < 1.29 is 23.9 Å². The molecule has 0 aromatic carbocycles. The molecule has 0 saturated carbocycles. The summed E-state index contributed by atoms with van der Waals surface area (Å²) in [5.41, 5.74) is 0. The molecule has 0 aromatic rings. The third-order valence-electron chi connectivity index (χ3n) is 4.44. The molecule has 1 atom stereocenters. The molecule has 0 aliphatic rings. The first kappa shape index (κ1) is 24.9. The zero-order valence-corrected chi connectivity index (χ0v) is 17.6. The van der Waals surface area contributed by atoms with Crippen molar-refractivity contribution in [2.24, 2.45) is 0 Å². The van der Waals surface area contributed by atoms with Gasteiger partial charge in [0, 0.05) is 6.42 Å². The fourth-order valence-electron chi connectivity index (χ4n) is 3.13. The van der Waals surface area contributed by atoms with Crippen molar-refractivity contribution in [3.8, 4) is 0 Å². The molecule has 0 amide bonds. The number of hydrogen-bond donors (Lipinski definition) is 1. The molecule has 0 fully saturated rings. The van der Waals surface area contributed by atoms with Crippen LogP contribution in [-0.4, -0.2) is 55.3 Å². The zero-order chi connectivity index (χ0) is 19.8. The molecule has 0 bridgehead atoms. The number of rotatable bonds is 17. The lowest BCUT2D eigenvalue weighted by molar-refractivity contribution is -0.873. The van der Waals surface area contributed by atoms with E-state index in [1.165, 1.54) is 57.8 Å². The number of ether oxygens (including phenoxy) is 1. The van der Waals surface area contributed by atoms with Crippen LogP contribution in [-0.2, 0) is 14.3 Å². The van der Waals surface area contributed by atoms with Gasteiger partial charge in [-0.2, -0.15) is 0 Å². The molecular formula is C21H42NO4+. The van der Waals surface area contributed by atoms with E-state index in [1.807, 2.05) is 21.1 Å². The van der Waals surface area contributed by atoms with Crippen molar-refractivity contribution in [2.45, 2.75) is 96.5 Å². The number of hydrogen-bond acceptors (Lipinski definition) is 3. The fraction of sp³-hybridized carbons (Fsp3) is 0.905. The molecule has 1 N–H and O–H groups in total. The summed E-state index contributed by atoms with van der Waals surface area (Å²) in [4.78, 5) is 22.9. The molecule has 154 valence electrons. The van der Waals surface area contributed by atoms with E-state index in [0.29, 0.717) is 17.4 Å². The Morgan fingerprint density at radius 2 is 1.31 bits per heavy atom. The predicted molar refractivity (Wildman–Crippen MR) is 106 cm³/mol. The van der Waals surface area contributed by atoms with Crippen molar-refractivity contribution in [1.82, 2.24) is 0 Å². The first-order valence-corrected chi connectivity index (χ1v) is 10.5. The normalized spacial score (nSPS) is 12.8. The molecule has 0 aromatic heterocycles. The zero-order valence-electron chi connectivity index (χ0n) is 17.6. The smallest absolute Gasteiger partial charge is 0.307 e. The number of carboxylic acid groups (broad SMARTS) is 1. The highest BCUT2D eigenvalue weighted by Crippen LogP contribution is 2.13. The van der Waals surface area contributed by atoms with E-state index >= 15 is 0 Å². The van der Waals surface area contributed by atoms with Gasteiger partial charge in [-0.15, -0.1) is 0 Å². The van der Waals surface area contributed by atoms with Crippen LogP contribution in [0, 0.1) is 0 Å². The Kier molecular flexibility index (Phi) is 14.4. The Morgan fingerprint density at radius 3 is 1.73 bits per heavy atom. The van der Waals surface area contributed by atoms with Crippen LogP contribution >= 0.6 is 0 Å². The number of unbranched alkanes of at least 4 members (excludes halogenated alkanes) is 10. The van der Waals surface area contributed by atoms with E-state index in [-0.39, 0.29) is 12.4 Å². The second kappa shape index (κ2) is 15.0. The van der Waals surface area contributed by atoms with Gasteiger partial charge in [0.2, 0.25) is 0 Å². The van der Waals surface area contributed by atoms with E-state index in [2.05, 4.69) is 6.92 Å². The second-order valence-electron chi connectivity index (χ2n) is 8.47. The molecule has 0 saturated heterocycles. The molecule has 1 unspecified atom stereocenters. The average molecular weight is 373 g/mol. The minimum Gasteiger partial charge on any atom is -0.481 e. The van der Waals surface area contributed by atoms with Gasteiger partial charge in [0.05, 0.1) is 27.6 Å². The molecule has 0 spiro atoms. The second-order valence-corrected chi connectivity index (χ2v) is 8.47. The maximum Gasteiger partial charge on any atom is 0.307 e. The van der Waals surface area contributed by atoms with Crippen LogP contribution in [0.5, 0.6) is 0 Å². The maximum atomic E-state index is 12.0. The Labute approximate surface area is 160 Å². The number of carbonyl (C=O) groups excluding carboxylic acids is 1. The lowest BCUT2D eigenvalue weighted by Gasteiger charge is -2.28. The van der Waals surface area contributed by atoms with Crippen LogP contribution in [0.1, 0.15) is 90.4 Å². The minimum absolute atomic E-state index is 0.125. The Balaban J connectivity index is 3.72. The number of likely N-dealkylation sites (N-methyl/N-ethyl adjacent to an activating group) is 1. The number of quaternary nitrogens is 1. The van der Waals surface area contributed by atoms with Gasteiger partial charge in [0.1, 0.15) is 6.54 Å². The van der Waals surface area contributed by atoms with E-state index in [4.69, 9.17) is 9.84 Å². The van der Waals surface area contributed by atoms with Crippen LogP contribution < -0.4 is 0 Å². The lowest BCUT2D eigenvalue weighted by atomic mass is 10.1. The SMILES string of the molecule is CCCCCCCCCCCCCC(=O)OC(CC(=O)O)C[N+](C)(C)C. The van der Waals surface area contributed by atoms with E-state index in [9.17, 15) is 9.59 Å². The van der Waals surface area contributed by atoms with Gasteiger partial charge in [-0.3, -0.25) is 9.59 Å². The van der Waals surface area contributed by atoms with Crippen molar-refractivity contribution in [3.05, 3.63) is 0 Å². The summed E-state index contributed by atoms with van der Waals surface area (Å²) in [6.45, 7) is 2.75. The standard InChI is InChI=1S/C21H41NO4/c1-5-6-7-8-9-10-11-12-13-14-15-16-21(25)26-19(17-20(23)24)18-22(2,3)4/h19H,5-18H2,1-4H3/p+1. The highest BCUT2D eigenvalue weighted by atomic mass is 16.5. The molecule has 26 heavy (non-hydrogen) atoms. The number of aliphatic carboxylic acids is 1. The molecule has 0 rings (SSSR count). The molecule has 5 nitrogen and oxygen atoms in total. The topological polar surface area (TPSA) is 63.6 Å². The molecule has 0 heterocycles. The van der Waals surface area contributed by atoms with Crippen molar-refractivity contribution in [3.63, 3.8) is 0 Å². The molecule has 0 aliphatic heterocycles.